The summed E-state index contributed by atoms with van der Waals surface area (Å²) in [6, 6.07) is 15.9. The summed E-state index contributed by atoms with van der Waals surface area (Å²) < 4.78 is 1.06. The lowest BCUT2D eigenvalue weighted by molar-refractivity contribution is 0.891. The molecule has 6 heteroatoms. The highest BCUT2D eigenvalue weighted by atomic mass is 16.2. The summed E-state index contributed by atoms with van der Waals surface area (Å²) in [6.45, 7) is 0. The third-order valence-electron chi connectivity index (χ3n) is 3.42. The Morgan fingerprint density at radius 1 is 0.818 bits per heavy atom. The van der Waals surface area contributed by atoms with Gasteiger partial charge in [0.1, 0.15) is 0 Å². The molecule has 106 valence electrons. The summed E-state index contributed by atoms with van der Waals surface area (Å²) in [5, 5.41) is 0. The highest BCUT2D eigenvalue weighted by Crippen LogP contribution is 2.11. The van der Waals surface area contributed by atoms with E-state index in [-0.39, 0.29) is 11.2 Å². The van der Waals surface area contributed by atoms with E-state index in [4.69, 9.17) is 0 Å². The number of H-pyrrole nitrogens is 1. The molecule has 0 spiro atoms. The molecule has 4 rings (SSSR count). The number of nitrogens with zero attached hydrogens (tertiary/aromatic N) is 3. The van der Waals surface area contributed by atoms with Crippen molar-refractivity contribution in [2.24, 2.45) is 0 Å². The Hall–Kier alpha value is -3.28. The predicted molar refractivity (Wildman–Crippen MR) is 83.3 cm³/mol. The van der Waals surface area contributed by atoms with Gasteiger partial charge in [0.2, 0.25) is 0 Å². The molecule has 22 heavy (non-hydrogen) atoms. The average molecular weight is 290 g/mol. The van der Waals surface area contributed by atoms with E-state index >= 15 is 0 Å². The molecule has 0 aliphatic rings. The maximum Gasteiger partial charge on any atom is 0.334 e. The monoisotopic (exact) mass is 290 g/mol. The third kappa shape index (κ3) is 1.81. The first-order valence-electron chi connectivity index (χ1n) is 6.71. The predicted octanol–water partition coefficient (Wildman–Crippen LogP) is 1.62. The largest absolute Gasteiger partial charge is 0.334 e. The molecule has 0 aliphatic heterocycles. The van der Waals surface area contributed by atoms with Crippen LogP contribution in [0.2, 0.25) is 0 Å². The van der Waals surface area contributed by atoms with Crippen LogP contribution >= 0.6 is 0 Å². The van der Waals surface area contributed by atoms with Crippen molar-refractivity contribution in [3.63, 3.8) is 0 Å². The van der Waals surface area contributed by atoms with Gasteiger partial charge in [-0.2, -0.15) is 0 Å². The van der Waals surface area contributed by atoms with E-state index < -0.39 is 11.2 Å². The quantitative estimate of drug-likeness (QED) is 0.540. The minimum Gasteiger partial charge on any atom is -0.289 e. The van der Waals surface area contributed by atoms with Gasteiger partial charge in [-0.05, 0) is 24.3 Å². The Kier molecular flexibility index (Phi) is 2.62. The Morgan fingerprint density at radius 2 is 1.45 bits per heavy atom. The maximum absolute atomic E-state index is 12.6. The molecule has 0 aliphatic carbocycles. The number of para-hydroxylation sites is 3. The van der Waals surface area contributed by atoms with Crippen molar-refractivity contribution < 1.29 is 0 Å². The van der Waals surface area contributed by atoms with Crippen LogP contribution in [0.3, 0.4) is 0 Å². The zero-order chi connectivity index (χ0) is 15.1. The van der Waals surface area contributed by atoms with E-state index in [1.54, 1.807) is 36.4 Å². The van der Waals surface area contributed by atoms with Gasteiger partial charge in [-0.15, -0.1) is 0 Å². The molecule has 4 aromatic rings. The number of hydrogen-bond donors (Lipinski definition) is 1. The van der Waals surface area contributed by atoms with E-state index in [2.05, 4.69) is 15.0 Å². The molecule has 0 radical (unpaired) electrons. The van der Waals surface area contributed by atoms with Crippen molar-refractivity contribution in [1.29, 1.82) is 0 Å². The molecule has 2 heterocycles. The smallest absolute Gasteiger partial charge is 0.289 e. The SMILES string of the molecule is O=c1[nH]c2nc3ccccc3nc2c(=O)n1-c1ccccc1. The van der Waals surface area contributed by atoms with Crippen LogP contribution in [0, 0.1) is 0 Å². The molecule has 2 aromatic heterocycles. The van der Waals surface area contributed by atoms with Crippen LogP contribution in [0.15, 0.2) is 64.2 Å². The van der Waals surface area contributed by atoms with Crippen LogP contribution in [0.25, 0.3) is 27.9 Å². The zero-order valence-corrected chi connectivity index (χ0v) is 11.4. The summed E-state index contributed by atoms with van der Waals surface area (Å²) >= 11 is 0. The fraction of sp³-hybridized carbons (Fsp3) is 0. The van der Waals surface area contributed by atoms with E-state index in [0.29, 0.717) is 16.7 Å². The van der Waals surface area contributed by atoms with Crippen molar-refractivity contribution in [2.45, 2.75) is 0 Å². The maximum atomic E-state index is 12.6. The minimum atomic E-state index is -0.534. The highest BCUT2D eigenvalue weighted by molar-refractivity contribution is 5.83. The van der Waals surface area contributed by atoms with Gasteiger partial charge in [0.25, 0.3) is 5.56 Å². The number of benzene rings is 2. The molecule has 0 bridgehead atoms. The second-order valence-electron chi connectivity index (χ2n) is 4.82. The molecule has 6 nitrogen and oxygen atoms in total. The first kappa shape index (κ1) is 12.5. The number of aromatic amines is 1. The van der Waals surface area contributed by atoms with Crippen LogP contribution in [0.5, 0.6) is 0 Å². The summed E-state index contributed by atoms with van der Waals surface area (Å²) in [5.41, 5.74) is 1.05. The van der Waals surface area contributed by atoms with Gasteiger partial charge in [0.15, 0.2) is 11.2 Å². The van der Waals surface area contributed by atoms with Gasteiger partial charge in [-0.25, -0.2) is 19.3 Å². The van der Waals surface area contributed by atoms with Crippen LogP contribution in [0.1, 0.15) is 0 Å². The summed E-state index contributed by atoms with van der Waals surface area (Å²) in [4.78, 5) is 36.1. The molecule has 0 amide bonds. The van der Waals surface area contributed by atoms with Crippen molar-refractivity contribution in [3.8, 4) is 5.69 Å². The first-order valence-corrected chi connectivity index (χ1v) is 6.71. The minimum absolute atomic E-state index is 0.141. The summed E-state index contributed by atoms with van der Waals surface area (Å²) in [5.74, 6) is 0. The van der Waals surface area contributed by atoms with Crippen LogP contribution < -0.4 is 11.2 Å². The molecule has 0 fully saturated rings. The number of hydrogen-bond acceptors (Lipinski definition) is 4. The molecule has 2 aromatic carbocycles. The Morgan fingerprint density at radius 3 is 2.18 bits per heavy atom. The van der Waals surface area contributed by atoms with E-state index in [1.807, 2.05) is 18.2 Å². The lowest BCUT2D eigenvalue weighted by atomic mass is 10.3. The molecule has 0 saturated heterocycles. The van der Waals surface area contributed by atoms with Crippen molar-refractivity contribution in [1.82, 2.24) is 19.5 Å². The summed E-state index contributed by atoms with van der Waals surface area (Å²) in [6.07, 6.45) is 0. The van der Waals surface area contributed by atoms with Gasteiger partial charge >= 0.3 is 5.69 Å². The van der Waals surface area contributed by atoms with Gasteiger partial charge in [-0.1, -0.05) is 30.3 Å². The topological polar surface area (TPSA) is 80.6 Å². The normalized spacial score (nSPS) is 11.1. The van der Waals surface area contributed by atoms with E-state index in [0.717, 1.165) is 4.57 Å². The number of nitrogens with one attached hydrogen (secondary N) is 1. The third-order valence-corrected chi connectivity index (χ3v) is 3.42. The van der Waals surface area contributed by atoms with Gasteiger partial charge < -0.3 is 0 Å². The fourth-order valence-electron chi connectivity index (χ4n) is 2.40. The molecule has 0 unspecified atom stereocenters. The van der Waals surface area contributed by atoms with Crippen LogP contribution in [-0.4, -0.2) is 19.5 Å². The van der Waals surface area contributed by atoms with Crippen molar-refractivity contribution in [3.05, 3.63) is 75.4 Å². The van der Waals surface area contributed by atoms with E-state index in [9.17, 15) is 9.59 Å². The van der Waals surface area contributed by atoms with Gasteiger partial charge in [-0.3, -0.25) is 9.78 Å². The van der Waals surface area contributed by atoms with E-state index in [1.165, 1.54) is 0 Å². The molecule has 0 saturated carbocycles. The standard InChI is InChI=1S/C16H10N4O2/c21-15-13-14(18-12-9-5-4-8-11(12)17-13)19-16(22)20(15)10-6-2-1-3-7-10/h1-9H,(H,18,19,22). The Bertz CT molecular complexity index is 1110. The summed E-state index contributed by atoms with van der Waals surface area (Å²) in [7, 11) is 0. The number of aromatic nitrogens is 4. The fourth-order valence-corrected chi connectivity index (χ4v) is 2.40. The van der Waals surface area contributed by atoms with Gasteiger partial charge in [0, 0.05) is 0 Å². The van der Waals surface area contributed by atoms with Crippen molar-refractivity contribution in [2.75, 3.05) is 0 Å². The average Bonchev–Trinajstić information content (AvgIpc) is 2.54. The van der Waals surface area contributed by atoms with Crippen LogP contribution in [-0.2, 0) is 0 Å². The highest BCUT2D eigenvalue weighted by Gasteiger charge is 2.12. The Labute approximate surface area is 123 Å². The van der Waals surface area contributed by atoms with Crippen LogP contribution in [0.4, 0.5) is 0 Å². The second-order valence-corrected chi connectivity index (χ2v) is 4.82. The Balaban J connectivity index is 2.15. The van der Waals surface area contributed by atoms with Crippen molar-refractivity contribution >= 4 is 22.2 Å². The number of rotatable bonds is 1. The molecular weight excluding hydrogens is 280 g/mol. The number of fused-ring (bicyclic) bond motifs is 2. The lowest BCUT2D eigenvalue weighted by Crippen LogP contribution is -2.34. The van der Waals surface area contributed by atoms with Gasteiger partial charge in [0.05, 0.1) is 16.7 Å². The second kappa shape index (κ2) is 4.63. The molecular formula is C16H10N4O2. The molecule has 0 atom stereocenters. The lowest BCUT2D eigenvalue weighted by Gasteiger charge is -2.06. The first-order chi connectivity index (χ1) is 10.7. The molecule has 1 N–H and O–H groups in total. The zero-order valence-electron chi connectivity index (χ0n) is 11.4.